The molecule has 1 saturated heterocycles. The molecular weight excluding hydrogens is 370 g/mol. The minimum atomic E-state index is -1.04. The molecule has 0 aliphatic carbocycles. The van der Waals surface area contributed by atoms with E-state index in [2.05, 4.69) is 16.0 Å². The molecule has 3 aromatic rings. The van der Waals surface area contributed by atoms with Gasteiger partial charge in [0.05, 0.1) is 13.2 Å². The van der Waals surface area contributed by atoms with Crippen LogP contribution in [0.1, 0.15) is 17.0 Å². The highest BCUT2D eigenvalue weighted by Gasteiger charge is 2.49. The fraction of sp³-hybridized carbons (Fsp3) is 0.273. The fourth-order valence-corrected chi connectivity index (χ4v) is 4.53. The molecule has 28 heavy (non-hydrogen) atoms. The van der Waals surface area contributed by atoms with Crippen molar-refractivity contribution in [3.05, 3.63) is 83.9 Å². The first-order valence-electron chi connectivity index (χ1n) is 9.34. The Kier molecular flexibility index (Phi) is 5.50. The predicted octanol–water partition coefficient (Wildman–Crippen LogP) is 3.32. The number of carbonyl (C=O) groups excluding carboxylic acids is 1. The number of nitrogens with one attached hydrogen (secondary N) is 1. The predicted molar refractivity (Wildman–Crippen MR) is 111 cm³/mol. The molecule has 2 aromatic carbocycles. The topological polar surface area (TPSA) is 58.2 Å². The van der Waals surface area contributed by atoms with Gasteiger partial charge in [0.1, 0.15) is 5.82 Å². The van der Waals surface area contributed by atoms with E-state index >= 15 is 0 Å². The Morgan fingerprint density at radius 1 is 1.11 bits per heavy atom. The third-order valence-corrected chi connectivity index (χ3v) is 5.99. The second kappa shape index (κ2) is 8.20. The van der Waals surface area contributed by atoms with Gasteiger partial charge in [-0.05, 0) is 23.4 Å². The van der Waals surface area contributed by atoms with Crippen molar-refractivity contribution in [2.45, 2.75) is 10.3 Å². The average molecular weight is 394 g/mol. The van der Waals surface area contributed by atoms with Crippen LogP contribution >= 0.6 is 11.8 Å². The number of imidazole rings is 1. The van der Waals surface area contributed by atoms with E-state index in [0.717, 1.165) is 16.0 Å². The number of aromatic amines is 1. The minimum absolute atomic E-state index is 0.0263. The van der Waals surface area contributed by atoms with Gasteiger partial charge >= 0.3 is 0 Å². The molecule has 4 rings (SSSR count). The molecule has 2 heterocycles. The van der Waals surface area contributed by atoms with Gasteiger partial charge in [-0.3, -0.25) is 4.79 Å². The summed E-state index contributed by atoms with van der Waals surface area (Å²) in [5, 5.41) is 0. The molecule has 0 bridgehead atoms. The molecule has 1 aliphatic heterocycles. The molecule has 1 atom stereocenters. The number of carbonyl (C=O) groups is 1. The smallest absolute Gasteiger partial charge is 0.245 e. The maximum atomic E-state index is 14.2. The Bertz CT molecular complexity index is 924. The van der Waals surface area contributed by atoms with E-state index in [9.17, 15) is 4.79 Å². The quantitative estimate of drug-likeness (QED) is 0.676. The van der Waals surface area contributed by atoms with Crippen molar-refractivity contribution in [1.29, 1.82) is 0 Å². The molecule has 144 valence electrons. The van der Waals surface area contributed by atoms with E-state index < -0.39 is 5.41 Å². The van der Waals surface area contributed by atoms with Crippen LogP contribution in [0.5, 0.6) is 0 Å². The zero-order valence-corrected chi connectivity index (χ0v) is 16.6. The number of nitrogens with zero attached hydrogens (tertiary/aromatic N) is 2. The number of hydrogen-bond donors (Lipinski definition) is 1. The molecule has 5 nitrogen and oxygen atoms in total. The van der Waals surface area contributed by atoms with E-state index in [1.165, 1.54) is 0 Å². The Morgan fingerprint density at radius 3 is 2.50 bits per heavy atom. The molecule has 1 aliphatic rings. The van der Waals surface area contributed by atoms with Crippen LogP contribution in [-0.4, -0.2) is 53.3 Å². The molecule has 0 spiro atoms. The van der Waals surface area contributed by atoms with Crippen molar-refractivity contribution in [1.82, 2.24) is 14.9 Å². The first-order chi connectivity index (χ1) is 13.8. The Morgan fingerprint density at radius 2 is 1.82 bits per heavy atom. The lowest BCUT2D eigenvalue weighted by atomic mass is 9.72. The molecule has 6 heteroatoms. The minimum Gasteiger partial charge on any atom is -0.378 e. The van der Waals surface area contributed by atoms with Gasteiger partial charge in [0.2, 0.25) is 5.91 Å². The van der Waals surface area contributed by atoms with Crippen molar-refractivity contribution < 1.29 is 9.53 Å². The standard InChI is InChI=1S/C22H23N3O2S/c1-28-19-10-6-5-9-18(19)22(20-23-11-12-24-20,17-7-3-2-4-8-17)21(26)25-13-15-27-16-14-25/h2-12H,13-16H2,1H3,(H,23,24). The van der Waals surface area contributed by atoms with Crippen LogP contribution in [0.3, 0.4) is 0 Å². The summed E-state index contributed by atoms with van der Waals surface area (Å²) in [5.74, 6) is 0.662. The average Bonchev–Trinajstić information content (AvgIpc) is 3.31. The molecule has 1 unspecified atom stereocenters. The summed E-state index contributed by atoms with van der Waals surface area (Å²) in [4.78, 5) is 25.0. The Hall–Kier alpha value is -2.57. The maximum Gasteiger partial charge on any atom is 0.245 e. The van der Waals surface area contributed by atoms with Gasteiger partial charge in [-0.1, -0.05) is 48.5 Å². The highest BCUT2D eigenvalue weighted by Crippen LogP contribution is 2.43. The number of amides is 1. The Labute approximate surface area is 169 Å². The summed E-state index contributed by atoms with van der Waals surface area (Å²) in [6.07, 6.45) is 5.53. The summed E-state index contributed by atoms with van der Waals surface area (Å²) in [7, 11) is 0. The third kappa shape index (κ3) is 3.12. The molecule has 1 aromatic heterocycles. The Balaban J connectivity index is 2.02. The molecule has 0 saturated carbocycles. The van der Waals surface area contributed by atoms with Crippen LogP contribution in [0.25, 0.3) is 0 Å². The number of thioether (sulfide) groups is 1. The van der Waals surface area contributed by atoms with Gasteiger partial charge in [-0.15, -0.1) is 11.8 Å². The van der Waals surface area contributed by atoms with E-state index in [4.69, 9.17) is 4.74 Å². The van der Waals surface area contributed by atoms with Crippen molar-refractivity contribution in [3.63, 3.8) is 0 Å². The third-order valence-electron chi connectivity index (χ3n) is 5.19. The van der Waals surface area contributed by atoms with Gasteiger partial charge < -0.3 is 14.6 Å². The van der Waals surface area contributed by atoms with E-state index in [1.807, 2.05) is 59.7 Å². The summed E-state index contributed by atoms with van der Waals surface area (Å²) in [6, 6.07) is 18.0. The molecule has 1 N–H and O–H groups in total. The summed E-state index contributed by atoms with van der Waals surface area (Å²) >= 11 is 1.64. The summed E-state index contributed by atoms with van der Waals surface area (Å²) in [5.41, 5.74) is 0.810. The van der Waals surface area contributed by atoms with E-state index in [1.54, 1.807) is 24.2 Å². The lowest BCUT2D eigenvalue weighted by molar-refractivity contribution is -0.139. The zero-order chi connectivity index (χ0) is 19.4. The van der Waals surface area contributed by atoms with Crippen molar-refractivity contribution in [2.75, 3.05) is 32.6 Å². The van der Waals surface area contributed by atoms with Crippen LogP contribution < -0.4 is 0 Å². The van der Waals surface area contributed by atoms with Gasteiger partial charge in [0, 0.05) is 30.4 Å². The maximum absolute atomic E-state index is 14.2. The van der Waals surface area contributed by atoms with E-state index in [0.29, 0.717) is 32.1 Å². The number of H-pyrrole nitrogens is 1. The van der Waals surface area contributed by atoms with Crippen LogP contribution in [0, 0.1) is 0 Å². The van der Waals surface area contributed by atoms with Crippen LogP contribution in [0.15, 0.2) is 71.9 Å². The zero-order valence-electron chi connectivity index (χ0n) is 15.8. The fourth-order valence-electron chi connectivity index (χ4n) is 3.88. The molecule has 1 fully saturated rings. The lowest BCUT2D eigenvalue weighted by Gasteiger charge is -2.39. The number of rotatable bonds is 5. The van der Waals surface area contributed by atoms with Crippen molar-refractivity contribution >= 4 is 17.7 Å². The van der Waals surface area contributed by atoms with Crippen molar-refractivity contribution in [3.8, 4) is 0 Å². The first kappa shape index (κ1) is 18.8. The SMILES string of the molecule is CSc1ccccc1C(C(=O)N1CCOCC1)(c1ccccc1)c1ncc[nH]1. The molecule has 0 radical (unpaired) electrons. The first-order valence-corrected chi connectivity index (χ1v) is 10.6. The second-order valence-corrected chi connectivity index (χ2v) is 7.51. The summed E-state index contributed by atoms with van der Waals surface area (Å²) < 4.78 is 5.49. The lowest BCUT2D eigenvalue weighted by Crippen LogP contribution is -2.52. The largest absolute Gasteiger partial charge is 0.378 e. The number of hydrogen-bond acceptors (Lipinski definition) is 4. The van der Waals surface area contributed by atoms with E-state index in [-0.39, 0.29) is 5.91 Å². The van der Waals surface area contributed by atoms with Crippen LogP contribution in [0.4, 0.5) is 0 Å². The van der Waals surface area contributed by atoms with Crippen LogP contribution in [0.2, 0.25) is 0 Å². The van der Waals surface area contributed by atoms with Crippen molar-refractivity contribution in [2.24, 2.45) is 0 Å². The number of ether oxygens (including phenoxy) is 1. The van der Waals surface area contributed by atoms with Crippen LogP contribution in [-0.2, 0) is 14.9 Å². The van der Waals surface area contributed by atoms with Gasteiger partial charge in [0.25, 0.3) is 0 Å². The highest BCUT2D eigenvalue weighted by atomic mass is 32.2. The van der Waals surface area contributed by atoms with Gasteiger partial charge in [-0.2, -0.15) is 0 Å². The van der Waals surface area contributed by atoms with Gasteiger partial charge in [-0.25, -0.2) is 4.98 Å². The monoisotopic (exact) mass is 393 g/mol. The highest BCUT2D eigenvalue weighted by molar-refractivity contribution is 7.98. The molecular formula is C22H23N3O2S. The number of aromatic nitrogens is 2. The van der Waals surface area contributed by atoms with Gasteiger partial charge in [0.15, 0.2) is 5.41 Å². The second-order valence-electron chi connectivity index (χ2n) is 6.66. The number of benzene rings is 2. The number of morpholine rings is 1. The normalized spacial score (nSPS) is 16.5. The molecule has 1 amide bonds. The summed E-state index contributed by atoms with van der Waals surface area (Å²) in [6.45, 7) is 2.27.